The van der Waals surface area contributed by atoms with Crippen LogP contribution in [0.1, 0.15) is 19.3 Å². The van der Waals surface area contributed by atoms with Crippen LogP contribution in [0.5, 0.6) is 0 Å². The highest BCUT2D eigenvalue weighted by atomic mass is 16.3. The second-order valence-electron chi connectivity index (χ2n) is 2.58. The average Bonchev–Trinajstić information content (AvgIpc) is 1.88. The molecular weight excluding hydrogens is 140 g/mol. The van der Waals surface area contributed by atoms with Gasteiger partial charge in [-0.3, -0.25) is 0 Å². The molecular formula is C9H14O2. The standard InChI is InChI=1S/C9H14O2/c1-3-5-9(11,6-4-2)7-8-10/h3-4,8,11H,1-2,5-7H2. The van der Waals surface area contributed by atoms with E-state index < -0.39 is 5.60 Å². The summed E-state index contributed by atoms with van der Waals surface area (Å²) < 4.78 is 0. The zero-order valence-electron chi connectivity index (χ0n) is 6.62. The monoisotopic (exact) mass is 154 g/mol. The van der Waals surface area contributed by atoms with Crippen molar-refractivity contribution < 1.29 is 9.90 Å². The molecule has 0 spiro atoms. The summed E-state index contributed by atoms with van der Waals surface area (Å²) in [6.07, 6.45) is 4.92. The van der Waals surface area contributed by atoms with Gasteiger partial charge in [0.15, 0.2) is 0 Å². The lowest BCUT2D eigenvalue weighted by molar-refractivity contribution is -0.112. The quantitative estimate of drug-likeness (QED) is 0.464. The summed E-state index contributed by atoms with van der Waals surface area (Å²) in [5, 5.41) is 9.64. The number of carbonyl (C=O) groups is 1. The van der Waals surface area contributed by atoms with E-state index in [1.807, 2.05) is 0 Å². The number of aliphatic hydroxyl groups is 1. The smallest absolute Gasteiger partial charge is 0.122 e. The summed E-state index contributed by atoms with van der Waals surface area (Å²) >= 11 is 0. The molecule has 11 heavy (non-hydrogen) atoms. The van der Waals surface area contributed by atoms with Crippen molar-refractivity contribution >= 4 is 6.29 Å². The molecule has 0 bridgehead atoms. The highest BCUT2D eigenvalue weighted by molar-refractivity contribution is 5.51. The van der Waals surface area contributed by atoms with Gasteiger partial charge in [-0.2, -0.15) is 0 Å². The minimum absolute atomic E-state index is 0.144. The molecule has 0 saturated carbocycles. The SMILES string of the molecule is C=CCC(O)(CC=C)CC=O. The number of carbonyl (C=O) groups excluding carboxylic acids is 1. The van der Waals surface area contributed by atoms with Crippen LogP contribution < -0.4 is 0 Å². The molecule has 0 atom stereocenters. The van der Waals surface area contributed by atoms with Gasteiger partial charge in [0, 0.05) is 6.42 Å². The molecule has 0 amide bonds. The third-order valence-electron chi connectivity index (χ3n) is 1.51. The van der Waals surface area contributed by atoms with E-state index in [9.17, 15) is 9.90 Å². The number of rotatable bonds is 6. The summed E-state index contributed by atoms with van der Waals surface area (Å²) in [6.45, 7) is 7.00. The first kappa shape index (κ1) is 10.1. The fraction of sp³-hybridized carbons (Fsp3) is 0.444. The third-order valence-corrected chi connectivity index (χ3v) is 1.51. The Morgan fingerprint density at radius 3 is 1.91 bits per heavy atom. The lowest BCUT2D eigenvalue weighted by atomic mass is 9.92. The average molecular weight is 154 g/mol. The maximum atomic E-state index is 10.1. The first-order chi connectivity index (χ1) is 5.18. The first-order valence-corrected chi connectivity index (χ1v) is 3.56. The molecule has 0 aromatic rings. The Bertz CT molecular complexity index is 123. The Hall–Kier alpha value is -0.890. The van der Waals surface area contributed by atoms with E-state index in [1.54, 1.807) is 12.2 Å². The molecule has 0 aromatic carbocycles. The van der Waals surface area contributed by atoms with Crippen molar-refractivity contribution in [2.75, 3.05) is 0 Å². The predicted octanol–water partition coefficient (Wildman–Crippen LogP) is 1.46. The Labute approximate surface area is 67.2 Å². The van der Waals surface area contributed by atoms with Gasteiger partial charge in [-0.05, 0) is 12.8 Å². The lowest BCUT2D eigenvalue weighted by Crippen LogP contribution is -2.27. The largest absolute Gasteiger partial charge is 0.389 e. The molecule has 2 heteroatoms. The summed E-state index contributed by atoms with van der Waals surface area (Å²) in [5.41, 5.74) is -0.953. The van der Waals surface area contributed by atoms with E-state index in [2.05, 4.69) is 13.2 Å². The fourth-order valence-corrected chi connectivity index (χ4v) is 0.942. The lowest BCUT2D eigenvalue weighted by Gasteiger charge is -2.22. The molecule has 0 saturated heterocycles. The first-order valence-electron chi connectivity index (χ1n) is 3.56. The summed E-state index contributed by atoms with van der Waals surface area (Å²) in [5.74, 6) is 0. The topological polar surface area (TPSA) is 37.3 Å². The zero-order valence-corrected chi connectivity index (χ0v) is 6.62. The van der Waals surface area contributed by atoms with Gasteiger partial charge in [0.05, 0.1) is 5.60 Å². The Kier molecular flexibility index (Phi) is 4.46. The van der Waals surface area contributed by atoms with Crippen LogP contribution in [0.2, 0.25) is 0 Å². The molecule has 0 unspecified atom stereocenters. The molecule has 0 fully saturated rings. The maximum absolute atomic E-state index is 10.1. The van der Waals surface area contributed by atoms with Crippen LogP contribution in [0.3, 0.4) is 0 Å². The summed E-state index contributed by atoms with van der Waals surface area (Å²) in [6, 6.07) is 0. The van der Waals surface area contributed by atoms with Crippen LogP contribution in [0.15, 0.2) is 25.3 Å². The van der Waals surface area contributed by atoms with Gasteiger partial charge in [-0.15, -0.1) is 13.2 Å². The molecule has 1 N–H and O–H groups in total. The third kappa shape index (κ3) is 3.73. The van der Waals surface area contributed by atoms with Gasteiger partial charge in [-0.1, -0.05) is 12.2 Å². The van der Waals surface area contributed by atoms with Crippen LogP contribution in [0, 0.1) is 0 Å². The van der Waals surface area contributed by atoms with Gasteiger partial charge in [0.2, 0.25) is 0 Å². The predicted molar refractivity (Wildman–Crippen MR) is 45.3 cm³/mol. The van der Waals surface area contributed by atoms with Crippen molar-refractivity contribution in [3.8, 4) is 0 Å². The second-order valence-corrected chi connectivity index (χ2v) is 2.58. The fourth-order valence-electron chi connectivity index (χ4n) is 0.942. The van der Waals surface area contributed by atoms with E-state index >= 15 is 0 Å². The normalized spacial score (nSPS) is 10.6. The highest BCUT2D eigenvalue weighted by Crippen LogP contribution is 2.19. The number of aldehydes is 1. The molecule has 0 aliphatic heterocycles. The molecule has 62 valence electrons. The van der Waals surface area contributed by atoms with Crippen molar-refractivity contribution in [3.63, 3.8) is 0 Å². The van der Waals surface area contributed by atoms with Gasteiger partial charge < -0.3 is 9.90 Å². The van der Waals surface area contributed by atoms with Crippen molar-refractivity contribution in [2.45, 2.75) is 24.9 Å². The number of hydrogen-bond acceptors (Lipinski definition) is 2. The number of hydrogen-bond donors (Lipinski definition) is 1. The van der Waals surface area contributed by atoms with E-state index in [0.29, 0.717) is 19.1 Å². The van der Waals surface area contributed by atoms with E-state index in [1.165, 1.54) is 0 Å². The van der Waals surface area contributed by atoms with E-state index in [4.69, 9.17) is 0 Å². The molecule has 0 heterocycles. The van der Waals surface area contributed by atoms with Crippen LogP contribution >= 0.6 is 0 Å². The van der Waals surface area contributed by atoms with E-state index in [0.717, 1.165) is 0 Å². The zero-order chi connectivity index (χ0) is 8.74. The van der Waals surface area contributed by atoms with E-state index in [-0.39, 0.29) is 6.42 Å². The molecule has 0 rings (SSSR count). The molecule has 0 aliphatic rings. The molecule has 0 aliphatic carbocycles. The minimum Gasteiger partial charge on any atom is -0.389 e. The molecule has 2 nitrogen and oxygen atoms in total. The van der Waals surface area contributed by atoms with Crippen molar-refractivity contribution in [1.29, 1.82) is 0 Å². The Balaban J connectivity index is 4.09. The Morgan fingerprint density at radius 2 is 1.64 bits per heavy atom. The van der Waals surface area contributed by atoms with Gasteiger partial charge in [0.1, 0.15) is 6.29 Å². The Morgan fingerprint density at radius 1 is 1.18 bits per heavy atom. The van der Waals surface area contributed by atoms with Crippen molar-refractivity contribution in [1.82, 2.24) is 0 Å². The minimum atomic E-state index is -0.953. The summed E-state index contributed by atoms with van der Waals surface area (Å²) in [7, 11) is 0. The van der Waals surface area contributed by atoms with Crippen LogP contribution in [0.25, 0.3) is 0 Å². The van der Waals surface area contributed by atoms with Crippen molar-refractivity contribution in [3.05, 3.63) is 25.3 Å². The van der Waals surface area contributed by atoms with Gasteiger partial charge in [-0.25, -0.2) is 0 Å². The van der Waals surface area contributed by atoms with Crippen LogP contribution in [-0.4, -0.2) is 17.0 Å². The van der Waals surface area contributed by atoms with Gasteiger partial charge >= 0.3 is 0 Å². The van der Waals surface area contributed by atoms with Crippen molar-refractivity contribution in [2.24, 2.45) is 0 Å². The van der Waals surface area contributed by atoms with Crippen LogP contribution in [-0.2, 0) is 4.79 Å². The maximum Gasteiger partial charge on any atom is 0.122 e. The van der Waals surface area contributed by atoms with Crippen LogP contribution in [0.4, 0.5) is 0 Å². The van der Waals surface area contributed by atoms with Gasteiger partial charge in [0.25, 0.3) is 0 Å². The summed E-state index contributed by atoms with van der Waals surface area (Å²) in [4.78, 5) is 10.1. The second kappa shape index (κ2) is 4.85. The molecule has 0 aromatic heterocycles. The highest BCUT2D eigenvalue weighted by Gasteiger charge is 2.22. The molecule has 0 radical (unpaired) electrons.